The van der Waals surface area contributed by atoms with E-state index in [2.05, 4.69) is 5.10 Å². The molecule has 2 N–H and O–H groups in total. The van der Waals surface area contributed by atoms with Crippen LogP contribution in [-0.2, 0) is 17.8 Å². The van der Waals surface area contributed by atoms with Gasteiger partial charge in [-0.15, -0.1) is 0 Å². The zero-order chi connectivity index (χ0) is 13.8. The first kappa shape index (κ1) is 12.3. The van der Waals surface area contributed by atoms with Gasteiger partial charge >= 0.3 is 6.09 Å². The zero-order valence-electron chi connectivity index (χ0n) is 11.6. The summed E-state index contributed by atoms with van der Waals surface area (Å²) in [6.45, 7) is 6.59. The fourth-order valence-corrected chi connectivity index (χ4v) is 2.31. The number of anilines is 1. The summed E-state index contributed by atoms with van der Waals surface area (Å²) in [6, 6.07) is 0.473. The lowest BCUT2D eigenvalue weighted by atomic mass is 10.2. The largest absolute Gasteiger partial charge is 0.444 e. The number of amides is 1. The molecule has 0 bridgehead atoms. The van der Waals surface area contributed by atoms with Crippen LogP contribution in [0.4, 0.5) is 10.6 Å². The number of nitrogen functional groups attached to an aromatic ring is 1. The third kappa shape index (κ3) is 2.27. The van der Waals surface area contributed by atoms with E-state index in [9.17, 15) is 4.79 Å². The number of nitrogens with zero attached hydrogens (tertiary/aromatic N) is 3. The summed E-state index contributed by atoms with van der Waals surface area (Å²) in [5.74, 6) is 0.712. The molecule has 2 aliphatic rings. The minimum absolute atomic E-state index is 0.303. The molecule has 1 aromatic heterocycles. The summed E-state index contributed by atoms with van der Waals surface area (Å²) in [7, 11) is 0. The number of nitrogens with two attached hydrogens (primary N) is 1. The van der Waals surface area contributed by atoms with Crippen LogP contribution in [0.15, 0.2) is 0 Å². The number of fused-ring (bicyclic) bond motifs is 1. The molecule has 19 heavy (non-hydrogen) atoms. The van der Waals surface area contributed by atoms with Crippen molar-refractivity contribution in [3.05, 3.63) is 11.3 Å². The summed E-state index contributed by atoms with van der Waals surface area (Å²) in [5, 5.41) is 4.52. The van der Waals surface area contributed by atoms with E-state index in [4.69, 9.17) is 10.5 Å². The van der Waals surface area contributed by atoms with Gasteiger partial charge in [-0.1, -0.05) is 0 Å². The fraction of sp³-hybridized carbons (Fsp3) is 0.692. The molecule has 0 atom stereocenters. The molecule has 0 saturated heterocycles. The zero-order valence-corrected chi connectivity index (χ0v) is 11.6. The van der Waals surface area contributed by atoms with Gasteiger partial charge in [-0.25, -0.2) is 9.48 Å². The Labute approximate surface area is 112 Å². The molecule has 1 aromatic rings. The molecular formula is C13H20N4O2. The second-order valence-electron chi connectivity index (χ2n) is 6.32. The van der Waals surface area contributed by atoms with Crippen molar-refractivity contribution < 1.29 is 9.53 Å². The molecule has 1 fully saturated rings. The molecule has 1 saturated carbocycles. The summed E-state index contributed by atoms with van der Waals surface area (Å²) >= 11 is 0. The van der Waals surface area contributed by atoms with Crippen molar-refractivity contribution in [3.8, 4) is 0 Å². The van der Waals surface area contributed by atoms with Crippen molar-refractivity contribution in [2.75, 3.05) is 5.73 Å². The Balaban J connectivity index is 1.72. The van der Waals surface area contributed by atoms with E-state index >= 15 is 0 Å². The highest BCUT2D eigenvalue weighted by Crippen LogP contribution is 2.39. The van der Waals surface area contributed by atoms with Gasteiger partial charge in [0.15, 0.2) is 0 Å². The van der Waals surface area contributed by atoms with Crippen LogP contribution in [0.5, 0.6) is 0 Å². The molecular weight excluding hydrogens is 244 g/mol. The lowest BCUT2D eigenvalue weighted by Crippen LogP contribution is -2.33. The minimum Gasteiger partial charge on any atom is -0.444 e. The van der Waals surface area contributed by atoms with Crippen molar-refractivity contribution in [1.82, 2.24) is 14.7 Å². The molecule has 0 radical (unpaired) electrons. The highest BCUT2D eigenvalue weighted by atomic mass is 16.6. The highest BCUT2D eigenvalue weighted by molar-refractivity contribution is 5.70. The Morgan fingerprint density at radius 1 is 1.37 bits per heavy atom. The number of carbonyl (C=O) groups is 1. The SMILES string of the molecule is CC(C)(C)OC(=O)N1Cc2nn(C3CC3)c(N)c2C1. The van der Waals surface area contributed by atoms with Gasteiger partial charge in [0.1, 0.15) is 11.4 Å². The Bertz CT molecular complexity index is 525. The van der Waals surface area contributed by atoms with Crippen LogP contribution in [0.25, 0.3) is 0 Å². The molecule has 6 nitrogen and oxygen atoms in total. The molecule has 1 aliphatic heterocycles. The number of carbonyl (C=O) groups excluding carboxylic acids is 1. The second kappa shape index (κ2) is 3.88. The van der Waals surface area contributed by atoms with Gasteiger partial charge in [0, 0.05) is 5.56 Å². The average molecular weight is 264 g/mol. The first-order chi connectivity index (χ1) is 8.85. The maximum atomic E-state index is 12.0. The summed E-state index contributed by atoms with van der Waals surface area (Å²) in [5.41, 5.74) is 7.53. The molecule has 1 aliphatic carbocycles. The third-order valence-corrected chi connectivity index (χ3v) is 3.37. The number of ether oxygens (including phenoxy) is 1. The van der Waals surface area contributed by atoms with Gasteiger partial charge in [0.05, 0.1) is 24.8 Å². The number of hydrogen-bond donors (Lipinski definition) is 1. The van der Waals surface area contributed by atoms with Gasteiger partial charge < -0.3 is 10.5 Å². The van der Waals surface area contributed by atoms with Gasteiger partial charge in [-0.05, 0) is 33.6 Å². The molecule has 6 heteroatoms. The van der Waals surface area contributed by atoms with Crippen LogP contribution >= 0.6 is 0 Å². The topological polar surface area (TPSA) is 73.4 Å². The smallest absolute Gasteiger partial charge is 0.410 e. The summed E-state index contributed by atoms with van der Waals surface area (Å²) < 4.78 is 7.28. The van der Waals surface area contributed by atoms with Crippen LogP contribution in [0.3, 0.4) is 0 Å². The Morgan fingerprint density at radius 3 is 2.58 bits per heavy atom. The van der Waals surface area contributed by atoms with E-state index < -0.39 is 5.60 Å². The van der Waals surface area contributed by atoms with Crippen molar-refractivity contribution >= 4 is 11.9 Å². The van der Waals surface area contributed by atoms with Crippen LogP contribution in [0.1, 0.15) is 50.9 Å². The van der Waals surface area contributed by atoms with Crippen molar-refractivity contribution in [1.29, 1.82) is 0 Å². The molecule has 0 aromatic carbocycles. The minimum atomic E-state index is -0.476. The van der Waals surface area contributed by atoms with E-state index in [1.807, 2.05) is 25.5 Å². The van der Waals surface area contributed by atoms with E-state index in [1.54, 1.807) is 4.90 Å². The Hall–Kier alpha value is -1.72. The maximum Gasteiger partial charge on any atom is 0.410 e. The van der Waals surface area contributed by atoms with Gasteiger partial charge in [-0.3, -0.25) is 4.90 Å². The fourth-order valence-electron chi connectivity index (χ4n) is 2.31. The third-order valence-electron chi connectivity index (χ3n) is 3.37. The van der Waals surface area contributed by atoms with Crippen LogP contribution in [-0.4, -0.2) is 26.4 Å². The van der Waals surface area contributed by atoms with Crippen molar-refractivity contribution in [2.24, 2.45) is 0 Å². The number of rotatable bonds is 1. The monoisotopic (exact) mass is 264 g/mol. The quantitative estimate of drug-likeness (QED) is 0.842. The first-order valence-corrected chi connectivity index (χ1v) is 6.69. The predicted octanol–water partition coefficient (Wildman–Crippen LogP) is 2.05. The number of hydrogen-bond acceptors (Lipinski definition) is 4. The first-order valence-electron chi connectivity index (χ1n) is 6.69. The average Bonchev–Trinajstić information content (AvgIpc) is 2.95. The second-order valence-corrected chi connectivity index (χ2v) is 6.32. The predicted molar refractivity (Wildman–Crippen MR) is 70.4 cm³/mol. The summed E-state index contributed by atoms with van der Waals surface area (Å²) in [6.07, 6.45) is 2.00. The molecule has 0 unspecified atom stereocenters. The normalized spacial score (nSPS) is 18.6. The standard InChI is InChI=1S/C13H20N4O2/c1-13(2,3)19-12(18)16-6-9-10(7-16)15-17(11(9)14)8-4-5-8/h8H,4-7,14H2,1-3H3. The molecule has 2 heterocycles. The molecule has 1 amide bonds. The van der Waals surface area contributed by atoms with Crippen LogP contribution in [0.2, 0.25) is 0 Å². The highest BCUT2D eigenvalue weighted by Gasteiger charge is 2.35. The maximum absolute atomic E-state index is 12.0. The number of aromatic nitrogens is 2. The summed E-state index contributed by atoms with van der Waals surface area (Å²) in [4.78, 5) is 13.6. The van der Waals surface area contributed by atoms with Gasteiger partial charge in [-0.2, -0.15) is 5.10 Å². The Morgan fingerprint density at radius 2 is 2.05 bits per heavy atom. The Kier molecular flexibility index (Phi) is 2.52. The van der Waals surface area contributed by atoms with E-state index in [-0.39, 0.29) is 6.09 Å². The van der Waals surface area contributed by atoms with E-state index in [0.29, 0.717) is 24.9 Å². The van der Waals surface area contributed by atoms with Crippen molar-refractivity contribution in [3.63, 3.8) is 0 Å². The van der Waals surface area contributed by atoms with Crippen LogP contribution in [0, 0.1) is 0 Å². The van der Waals surface area contributed by atoms with E-state index in [1.165, 1.54) is 0 Å². The molecule has 0 spiro atoms. The van der Waals surface area contributed by atoms with Gasteiger partial charge in [0.25, 0.3) is 0 Å². The lowest BCUT2D eigenvalue weighted by Gasteiger charge is -2.24. The molecule has 104 valence electrons. The van der Waals surface area contributed by atoms with Gasteiger partial charge in [0.2, 0.25) is 0 Å². The molecule has 3 rings (SSSR count). The lowest BCUT2D eigenvalue weighted by molar-refractivity contribution is 0.0239. The van der Waals surface area contributed by atoms with Crippen molar-refractivity contribution in [2.45, 2.75) is 58.3 Å². The van der Waals surface area contributed by atoms with E-state index in [0.717, 1.165) is 24.1 Å². The van der Waals surface area contributed by atoms with Crippen LogP contribution < -0.4 is 5.73 Å².